The lowest BCUT2D eigenvalue weighted by Gasteiger charge is -2.31. The number of phenolic OH excluding ortho intramolecular Hbond substituents is 1. The lowest BCUT2D eigenvalue weighted by Crippen LogP contribution is -2.43. The highest BCUT2D eigenvalue weighted by Gasteiger charge is 2.28. The first kappa shape index (κ1) is 16.1. The second kappa shape index (κ2) is 6.68. The highest BCUT2D eigenvalue weighted by Crippen LogP contribution is 2.28. The SMILES string of the molecule is O=C(NC1CCCCC1CBr)c1cc(F)c(F)c(O)c1F. The molecule has 1 aliphatic carbocycles. The predicted octanol–water partition coefficient (Wildman–Crippen LogP) is 3.49. The third-order valence-corrected chi connectivity index (χ3v) is 4.63. The summed E-state index contributed by atoms with van der Waals surface area (Å²) in [6, 6.07) is 0.311. The first-order chi connectivity index (χ1) is 9.95. The molecule has 0 aromatic heterocycles. The monoisotopic (exact) mass is 365 g/mol. The van der Waals surface area contributed by atoms with Gasteiger partial charge in [-0.3, -0.25) is 4.79 Å². The highest BCUT2D eigenvalue weighted by molar-refractivity contribution is 9.09. The Bertz CT molecular complexity index is 554. The van der Waals surface area contributed by atoms with Gasteiger partial charge in [-0.2, -0.15) is 4.39 Å². The zero-order valence-electron chi connectivity index (χ0n) is 11.1. The summed E-state index contributed by atoms with van der Waals surface area (Å²) in [5.41, 5.74) is -0.690. The Morgan fingerprint density at radius 1 is 1.29 bits per heavy atom. The average molecular weight is 366 g/mol. The number of carbonyl (C=O) groups is 1. The van der Waals surface area contributed by atoms with E-state index in [9.17, 15) is 18.0 Å². The van der Waals surface area contributed by atoms with Gasteiger partial charge in [0.2, 0.25) is 5.82 Å². The number of halogens is 4. The normalized spacial score (nSPS) is 22.1. The Labute approximate surface area is 128 Å². The molecule has 3 nitrogen and oxygen atoms in total. The Hall–Kier alpha value is -1.24. The van der Waals surface area contributed by atoms with Gasteiger partial charge >= 0.3 is 0 Å². The molecule has 0 saturated heterocycles. The number of phenols is 1. The van der Waals surface area contributed by atoms with E-state index in [0.717, 1.165) is 25.7 Å². The van der Waals surface area contributed by atoms with Crippen LogP contribution in [0.3, 0.4) is 0 Å². The molecule has 0 spiro atoms. The number of alkyl halides is 1. The summed E-state index contributed by atoms with van der Waals surface area (Å²) in [7, 11) is 0. The lowest BCUT2D eigenvalue weighted by molar-refractivity contribution is 0.0905. The third kappa shape index (κ3) is 3.33. The van der Waals surface area contributed by atoms with E-state index >= 15 is 0 Å². The fourth-order valence-electron chi connectivity index (χ4n) is 2.58. The molecule has 1 aliphatic rings. The molecular weight excluding hydrogens is 351 g/mol. The van der Waals surface area contributed by atoms with Crippen LogP contribution < -0.4 is 5.32 Å². The summed E-state index contributed by atoms with van der Waals surface area (Å²) in [6.07, 6.45) is 3.68. The maximum absolute atomic E-state index is 13.7. The molecule has 0 radical (unpaired) electrons. The summed E-state index contributed by atoms with van der Waals surface area (Å²) < 4.78 is 39.9. The van der Waals surface area contributed by atoms with E-state index in [1.54, 1.807) is 0 Å². The highest BCUT2D eigenvalue weighted by atomic mass is 79.9. The molecule has 116 valence electrons. The molecule has 2 atom stereocenters. The van der Waals surface area contributed by atoms with Gasteiger partial charge in [-0.05, 0) is 24.8 Å². The molecule has 21 heavy (non-hydrogen) atoms. The Balaban J connectivity index is 2.20. The minimum absolute atomic E-state index is 0.153. The van der Waals surface area contributed by atoms with Crippen LogP contribution in [0.5, 0.6) is 5.75 Å². The zero-order valence-corrected chi connectivity index (χ0v) is 12.7. The van der Waals surface area contributed by atoms with Crippen LogP contribution >= 0.6 is 15.9 Å². The molecule has 1 amide bonds. The molecule has 2 rings (SSSR count). The minimum Gasteiger partial charge on any atom is -0.503 e. The van der Waals surface area contributed by atoms with Crippen LogP contribution in [-0.2, 0) is 0 Å². The van der Waals surface area contributed by atoms with Gasteiger partial charge in [0.15, 0.2) is 17.4 Å². The Kier molecular flexibility index (Phi) is 5.13. The van der Waals surface area contributed by atoms with Crippen molar-refractivity contribution in [3.63, 3.8) is 0 Å². The zero-order chi connectivity index (χ0) is 15.6. The van der Waals surface area contributed by atoms with Crippen molar-refractivity contribution in [1.29, 1.82) is 0 Å². The van der Waals surface area contributed by atoms with Crippen LogP contribution in [0.1, 0.15) is 36.0 Å². The third-order valence-electron chi connectivity index (χ3n) is 3.80. The predicted molar refractivity (Wildman–Crippen MR) is 75.0 cm³/mol. The van der Waals surface area contributed by atoms with Crippen LogP contribution in [0, 0.1) is 23.4 Å². The van der Waals surface area contributed by atoms with Gasteiger partial charge in [0.1, 0.15) is 0 Å². The largest absolute Gasteiger partial charge is 0.503 e. The molecule has 7 heteroatoms. The van der Waals surface area contributed by atoms with Gasteiger partial charge in [0, 0.05) is 11.4 Å². The van der Waals surface area contributed by atoms with E-state index in [1.165, 1.54) is 0 Å². The molecule has 0 heterocycles. The molecule has 0 bridgehead atoms. The van der Waals surface area contributed by atoms with Crippen LogP contribution in [0.15, 0.2) is 6.07 Å². The van der Waals surface area contributed by atoms with E-state index in [1.807, 2.05) is 0 Å². The molecule has 1 fully saturated rings. The van der Waals surface area contributed by atoms with Crippen molar-refractivity contribution >= 4 is 21.8 Å². The van der Waals surface area contributed by atoms with E-state index in [2.05, 4.69) is 21.2 Å². The van der Waals surface area contributed by atoms with E-state index in [0.29, 0.717) is 11.4 Å². The summed E-state index contributed by atoms with van der Waals surface area (Å²) in [5, 5.41) is 12.5. The van der Waals surface area contributed by atoms with Gasteiger partial charge < -0.3 is 10.4 Å². The van der Waals surface area contributed by atoms with Crippen molar-refractivity contribution < 1.29 is 23.1 Å². The second-order valence-corrected chi connectivity index (χ2v) is 5.81. The molecule has 2 N–H and O–H groups in total. The van der Waals surface area contributed by atoms with Crippen LogP contribution in [0.2, 0.25) is 0 Å². The number of hydrogen-bond donors (Lipinski definition) is 2. The lowest BCUT2D eigenvalue weighted by atomic mass is 9.86. The van der Waals surface area contributed by atoms with Crippen LogP contribution in [0.25, 0.3) is 0 Å². The van der Waals surface area contributed by atoms with Crippen molar-refractivity contribution in [3.05, 3.63) is 29.1 Å². The van der Waals surface area contributed by atoms with E-state index in [-0.39, 0.29) is 12.0 Å². The molecule has 1 saturated carbocycles. The minimum atomic E-state index is -1.69. The van der Waals surface area contributed by atoms with Gasteiger partial charge in [-0.25, -0.2) is 8.78 Å². The van der Waals surface area contributed by atoms with Crippen molar-refractivity contribution in [1.82, 2.24) is 5.32 Å². The number of benzene rings is 1. The van der Waals surface area contributed by atoms with Gasteiger partial charge in [-0.1, -0.05) is 28.8 Å². The van der Waals surface area contributed by atoms with Gasteiger partial charge in [0.05, 0.1) is 5.56 Å². The Morgan fingerprint density at radius 3 is 2.62 bits per heavy atom. The fraction of sp³-hybridized carbons (Fsp3) is 0.500. The van der Waals surface area contributed by atoms with Gasteiger partial charge in [0.25, 0.3) is 5.91 Å². The first-order valence-electron chi connectivity index (χ1n) is 6.69. The molecule has 0 aliphatic heterocycles. The molecular formula is C14H15BrF3NO2. The summed E-state index contributed by atoms with van der Waals surface area (Å²) in [5.74, 6) is -6.71. The van der Waals surface area contributed by atoms with Crippen LogP contribution in [-0.4, -0.2) is 22.4 Å². The summed E-state index contributed by atoms with van der Waals surface area (Å²) >= 11 is 3.37. The quantitative estimate of drug-likeness (QED) is 0.636. The van der Waals surface area contributed by atoms with Crippen molar-refractivity contribution in [2.75, 3.05) is 5.33 Å². The second-order valence-electron chi connectivity index (χ2n) is 5.16. The van der Waals surface area contributed by atoms with Crippen molar-refractivity contribution in [2.24, 2.45) is 5.92 Å². The number of hydrogen-bond acceptors (Lipinski definition) is 2. The summed E-state index contributed by atoms with van der Waals surface area (Å²) in [6.45, 7) is 0. The average Bonchev–Trinajstić information content (AvgIpc) is 2.49. The molecule has 2 unspecified atom stereocenters. The number of nitrogens with one attached hydrogen (secondary N) is 1. The number of rotatable bonds is 3. The van der Waals surface area contributed by atoms with Crippen LogP contribution in [0.4, 0.5) is 13.2 Å². The smallest absolute Gasteiger partial charge is 0.254 e. The molecule has 1 aromatic carbocycles. The molecule has 1 aromatic rings. The first-order valence-corrected chi connectivity index (χ1v) is 7.81. The fourth-order valence-corrected chi connectivity index (χ4v) is 3.36. The number of aromatic hydroxyl groups is 1. The number of amides is 1. The van der Waals surface area contributed by atoms with Crippen molar-refractivity contribution in [2.45, 2.75) is 31.7 Å². The standard InChI is InChI=1S/C14H15BrF3NO2/c15-6-7-3-1-2-4-10(7)19-14(21)8-5-9(16)12(18)13(20)11(8)17/h5,7,10,20H,1-4,6H2,(H,19,21). The summed E-state index contributed by atoms with van der Waals surface area (Å²) in [4.78, 5) is 12.0. The number of carbonyl (C=O) groups excluding carboxylic acids is 1. The van der Waals surface area contributed by atoms with E-state index in [4.69, 9.17) is 5.11 Å². The van der Waals surface area contributed by atoms with Gasteiger partial charge in [-0.15, -0.1) is 0 Å². The topological polar surface area (TPSA) is 49.3 Å². The van der Waals surface area contributed by atoms with E-state index < -0.39 is 34.7 Å². The van der Waals surface area contributed by atoms with Crippen molar-refractivity contribution in [3.8, 4) is 5.75 Å². The Morgan fingerprint density at radius 2 is 1.95 bits per heavy atom. The maximum atomic E-state index is 13.7. The maximum Gasteiger partial charge on any atom is 0.254 e.